The van der Waals surface area contributed by atoms with Gasteiger partial charge in [-0.2, -0.15) is 0 Å². The van der Waals surface area contributed by atoms with Gasteiger partial charge in [-0.25, -0.2) is 0 Å². The van der Waals surface area contributed by atoms with Crippen LogP contribution in [0.5, 0.6) is 5.75 Å². The van der Waals surface area contributed by atoms with E-state index in [1.807, 2.05) is 12.1 Å². The van der Waals surface area contributed by atoms with Gasteiger partial charge in [0.25, 0.3) is 0 Å². The highest BCUT2D eigenvalue weighted by Gasteiger charge is 2.24. The van der Waals surface area contributed by atoms with Gasteiger partial charge in [0.15, 0.2) is 0 Å². The second kappa shape index (κ2) is 6.10. The van der Waals surface area contributed by atoms with Crippen molar-refractivity contribution in [2.24, 2.45) is 11.3 Å². The van der Waals surface area contributed by atoms with E-state index in [0.717, 1.165) is 16.6 Å². The minimum Gasteiger partial charge on any atom is -0.497 e. The predicted octanol–water partition coefficient (Wildman–Crippen LogP) is 4.90. The van der Waals surface area contributed by atoms with Crippen molar-refractivity contribution in [1.29, 1.82) is 0 Å². The van der Waals surface area contributed by atoms with Crippen LogP contribution in [0.15, 0.2) is 22.7 Å². The van der Waals surface area contributed by atoms with E-state index in [9.17, 15) is 0 Å². The monoisotopic (exact) mass is 318 g/mol. The summed E-state index contributed by atoms with van der Waals surface area (Å²) in [5, 5.41) is 0. The Balaban J connectivity index is 2.93. The Labute approximate surface area is 118 Å². The van der Waals surface area contributed by atoms with Gasteiger partial charge in [-0.05, 0) is 41.5 Å². The van der Waals surface area contributed by atoms with E-state index < -0.39 is 0 Å². The van der Waals surface area contributed by atoms with Crippen molar-refractivity contribution in [3.8, 4) is 5.75 Å². The van der Waals surface area contributed by atoms with Crippen molar-refractivity contribution in [3.63, 3.8) is 0 Å². The molecule has 0 radical (unpaired) electrons. The van der Waals surface area contributed by atoms with E-state index in [1.165, 1.54) is 5.56 Å². The molecule has 0 amide bonds. The lowest BCUT2D eigenvalue weighted by Crippen LogP contribution is -2.24. The lowest BCUT2D eigenvalue weighted by atomic mass is 9.78. The quantitative estimate of drug-likeness (QED) is 0.717. The first-order valence-corrected chi connectivity index (χ1v) is 7.09. The summed E-state index contributed by atoms with van der Waals surface area (Å²) in [5.74, 6) is 2.02. The van der Waals surface area contributed by atoms with Crippen LogP contribution >= 0.6 is 27.5 Å². The SMILES string of the molecule is COc1ccc(Br)c(CC(CCl)C(C)(C)C)c1. The van der Waals surface area contributed by atoms with Crippen LogP contribution in [0.2, 0.25) is 0 Å². The molecule has 1 rings (SSSR count). The first-order chi connectivity index (χ1) is 7.88. The topological polar surface area (TPSA) is 9.23 Å². The summed E-state index contributed by atoms with van der Waals surface area (Å²) < 4.78 is 6.38. The number of hydrogen-bond donors (Lipinski definition) is 0. The molecule has 0 saturated heterocycles. The van der Waals surface area contributed by atoms with E-state index in [1.54, 1.807) is 7.11 Å². The molecular weight excluding hydrogens is 300 g/mol. The fourth-order valence-corrected chi connectivity index (χ4v) is 2.67. The zero-order valence-electron chi connectivity index (χ0n) is 10.9. The number of hydrogen-bond acceptors (Lipinski definition) is 1. The molecule has 0 aliphatic carbocycles. The zero-order chi connectivity index (χ0) is 13.1. The van der Waals surface area contributed by atoms with Gasteiger partial charge in [0.1, 0.15) is 5.75 Å². The summed E-state index contributed by atoms with van der Waals surface area (Å²) in [5.41, 5.74) is 1.47. The van der Waals surface area contributed by atoms with E-state index >= 15 is 0 Å². The zero-order valence-corrected chi connectivity index (χ0v) is 13.2. The van der Waals surface area contributed by atoms with Gasteiger partial charge in [0.2, 0.25) is 0 Å². The molecule has 3 heteroatoms. The molecule has 0 N–H and O–H groups in total. The minimum absolute atomic E-state index is 0.213. The summed E-state index contributed by atoms with van der Waals surface area (Å²) in [7, 11) is 1.69. The second-order valence-electron chi connectivity index (χ2n) is 5.38. The highest BCUT2D eigenvalue weighted by molar-refractivity contribution is 9.10. The molecule has 1 nitrogen and oxygen atoms in total. The number of benzene rings is 1. The van der Waals surface area contributed by atoms with Crippen molar-refractivity contribution in [2.45, 2.75) is 27.2 Å². The molecule has 0 aliphatic heterocycles. The van der Waals surface area contributed by atoms with Gasteiger partial charge in [0, 0.05) is 10.4 Å². The fraction of sp³-hybridized carbons (Fsp3) is 0.571. The molecule has 0 heterocycles. The van der Waals surface area contributed by atoms with Crippen LogP contribution in [0.25, 0.3) is 0 Å². The lowest BCUT2D eigenvalue weighted by Gasteiger charge is -2.29. The number of alkyl halides is 1. The van der Waals surface area contributed by atoms with Crippen molar-refractivity contribution in [2.75, 3.05) is 13.0 Å². The van der Waals surface area contributed by atoms with Crippen LogP contribution in [0.4, 0.5) is 0 Å². The van der Waals surface area contributed by atoms with Gasteiger partial charge < -0.3 is 4.74 Å². The maximum atomic E-state index is 6.08. The van der Waals surface area contributed by atoms with Gasteiger partial charge in [-0.1, -0.05) is 36.7 Å². The van der Waals surface area contributed by atoms with Crippen LogP contribution in [0.3, 0.4) is 0 Å². The van der Waals surface area contributed by atoms with Gasteiger partial charge in [-0.3, -0.25) is 0 Å². The van der Waals surface area contributed by atoms with Crippen LogP contribution in [-0.2, 0) is 6.42 Å². The Kier molecular flexibility index (Phi) is 5.33. The number of ether oxygens (including phenoxy) is 1. The Morgan fingerprint density at radius 1 is 1.35 bits per heavy atom. The van der Waals surface area contributed by atoms with Crippen molar-refractivity contribution >= 4 is 27.5 Å². The van der Waals surface area contributed by atoms with Crippen LogP contribution < -0.4 is 4.74 Å². The minimum atomic E-state index is 0.213. The van der Waals surface area contributed by atoms with Gasteiger partial charge in [-0.15, -0.1) is 11.6 Å². The molecule has 96 valence electrons. The molecule has 1 unspecified atom stereocenters. The molecule has 1 aromatic rings. The van der Waals surface area contributed by atoms with Gasteiger partial charge in [0.05, 0.1) is 7.11 Å². The summed E-state index contributed by atoms with van der Waals surface area (Å²) in [4.78, 5) is 0. The van der Waals surface area contributed by atoms with Gasteiger partial charge >= 0.3 is 0 Å². The molecule has 0 aromatic heterocycles. The molecule has 1 aromatic carbocycles. The molecule has 0 spiro atoms. The smallest absolute Gasteiger partial charge is 0.119 e. The largest absolute Gasteiger partial charge is 0.497 e. The Morgan fingerprint density at radius 3 is 2.47 bits per heavy atom. The van der Waals surface area contributed by atoms with Crippen molar-refractivity contribution < 1.29 is 4.74 Å². The number of rotatable bonds is 4. The third kappa shape index (κ3) is 4.18. The second-order valence-corrected chi connectivity index (χ2v) is 6.54. The molecule has 17 heavy (non-hydrogen) atoms. The average Bonchev–Trinajstić information content (AvgIpc) is 2.26. The average molecular weight is 320 g/mol. The number of halogens is 2. The summed E-state index contributed by atoms with van der Waals surface area (Å²) in [6, 6.07) is 6.07. The predicted molar refractivity (Wildman–Crippen MR) is 78.1 cm³/mol. The molecule has 1 atom stereocenters. The lowest BCUT2D eigenvalue weighted by molar-refractivity contribution is 0.263. The third-order valence-electron chi connectivity index (χ3n) is 3.13. The summed E-state index contributed by atoms with van der Waals surface area (Å²) in [6.45, 7) is 6.69. The summed E-state index contributed by atoms with van der Waals surface area (Å²) in [6.07, 6.45) is 0.963. The van der Waals surface area contributed by atoms with E-state index in [-0.39, 0.29) is 5.41 Å². The molecule has 0 fully saturated rings. The third-order valence-corrected chi connectivity index (χ3v) is 4.28. The number of methoxy groups -OCH3 is 1. The van der Waals surface area contributed by atoms with E-state index in [4.69, 9.17) is 16.3 Å². The first-order valence-electron chi connectivity index (χ1n) is 5.77. The van der Waals surface area contributed by atoms with E-state index in [0.29, 0.717) is 11.8 Å². The molecular formula is C14H20BrClO. The fourth-order valence-electron chi connectivity index (χ4n) is 1.69. The highest BCUT2D eigenvalue weighted by Crippen LogP contribution is 2.33. The van der Waals surface area contributed by atoms with Crippen molar-refractivity contribution in [1.82, 2.24) is 0 Å². The molecule has 0 aliphatic rings. The maximum absolute atomic E-state index is 6.08. The Bertz CT molecular complexity index is 371. The van der Waals surface area contributed by atoms with Crippen LogP contribution in [0, 0.1) is 11.3 Å². The van der Waals surface area contributed by atoms with E-state index in [2.05, 4.69) is 42.8 Å². The first kappa shape index (κ1) is 14.8. The maximum Gasteiger partial charge on any atom is 0.119 e. The standard InChI is InChI=1S/C14H20BrClO/c1-14(2,3)11(9-16)7-10-8-12(17-4)5-6-13(10)15/h5-6,8,11H,7,9H2,1-4H3. The normalized spacial score (nSPS) is 13.5. The van der Waals surface area contributed by atoms with Crippen molar-refractivity contribution in [3.05, 3.63) is 28.2 Å². The molecule has 0 bridgehead atoms. The Hall–Kier alpha value is -0.210. The van der Waals surface area contributed by atoms with Crippen LogP contribution in [-0.4, -0.2) is 13.0 Å². The Morgan fingerprint density at radius 2 is 2.00 bits per heavy atom. The van der Waals surface area contributed by atoms with Crippen LogP contribution in [0.1, 0.15) is 26.3 Å². The summed E-state index contributed by atoms with van der Waals surface area (Å²) >= 11 is 9.67. The highest BCUT2D eigenvalue weighted by atomic mass is 79.9. The molecule has 0 saturated carbocycles.